The number of nitrogens with zero attached hydrogens (tertiary/aromatic N) is 1. The maximum absolute atomic E-state index is 11.7. The average Bonchev–Trinajstić information content (AvgIpc) is 2.14. The molecule has 0 saturated carbocycles. The molecule has 0 fully saturated rings. The molecular formula is C12H16BrNOS. The van der Waals surface area contributed by atoms with Gasteiger partial charge in [0.1, 0.15) is 16.1 Å². The summed E-state index contributed by atoms with van der Waals surface area (Å²) in [6.45, 7) is 7.74. The van der Waals surface area contributed by atoms with Crippen LogP contribution in [-0.2, 0) is 11.4 Å². The monoisotopic (exact) mass is 301 g/mol. The Morgan fingerprint density at radius 1 is 1.38 bits per heavy atom. The zero-order valence-corrected chi connectivity index (χ0v) is 12.4. The van der Waals surface area contributed by atoms with Gasteiger partial charge < -0.3 is 4.55 Å². The molecular weight excluding hydrogens is 286 g/mol. The Labute approximate surface area is 109 Å². The molecule has 0 heterocycles. The van der Waals surface area contributed by atoms with E-state index in [2.05, 4.69) is 20.3 Å². The second kappa shape index (κ2) is 5.34. The van der Waals surface area contributed by atoms with E-state index in [0.717, 1.165) is 15.6 Å². The van der Waals surface area contributed by atoms with Gasteiger partial charge in [-0.1, -0.05) is 26.4 Å². The highest BCUT2D eigenvalue weighted by molar-refractivity contribution is 9.10. The highest BCUT2D eigenvalue weighted by atomic mass is 79.9. The molecule has 4 heteroatoms. The van der Waals surface area contributed by atoms with Crippen LogP contribution in [0.4, 0.5) is 0 Å². The maximum Gasteiger partial charge on any atom is 0.144 e. The van der Waals surface area contributed by atoms with Crippen molar-refractivity contribution in [1.29, 1.82) is 0 Å². The van der Waals surface area contributed by atoms with Crippen LogP contribution in [-0.4, -0.2) is 15.5 Å². The highest BCUT2D eigenvalue weighted by Gasteiger charge is 2.25. The highest BCUT2D eigenvalue weighted by Crippen LogP contribution is 2.18. The van der Waals surface area contributed by atoms with Crippen molar-refractivity contribution < 1.29 is 4.55 Å². The minimum Gasteiger partial charge on any atom is -0.591 e. The summed E-state index contributed by atoms with van der Waals surface area (Å²) in [5, 5.41) is 0. The molecule has 1 atom stereocenters. The SMILES string of the molecule is Cc1cc(Br)ccc1C=N[S+]([O-])C(C)(C)C. The van der Waals surface area contributed by atoms with Gasteiger partial charge in [-0.3, -0.25) is 0 Å². The lowest BCUT2D eigenvalue weighted by molar-refractivity contribution is 0.562. The summed E-state index contributed by atoms with van der Waals surface area (Å²) in [4.78, 5) is 0. The summed E-state index contributed by atoms with van der Waals surface area (Å²) >= 11 is 2.21. The topological polar surface area (TPSA) is 35.4 Å². The van der Waals surface area contributed by atoms with Gasteiger partial charge in [-0.2, -0.15) is 0 Å². The molecule has 0 aliphatic carbocycles. The molecule has 1 aromatic carbocycles. The van der Waals surface area contributed by atoms with E-state index in [4.69, 9.17) is 0 Å². The fourth-order valence-corrected chi connectivity index (χ4v) is 2.05. The van der Waals surface area contributed by atoms with E-state index in [9.17, 15) is 4.55 Å². The van der Waals surface area contributed by atoms with Crippen molar-refractivity contribution in [1.82, 2.24) is 0 Å². The van der Waals surface area contributed by atoms with Crippen molar-refractivity contribution in [2.24, 2.45) is 4.40 Å². The second-order valence-corrected chi connectivity index (χ2v) is 7.45. The van der Waals surface area contributed by atoms with Crippen LogP contribution in [0.2, 0.25) is 0 Å². The number of rotatable bonds is 2. The Morgan fingerprint density at radius 3 is 2.50 bits per heavy atom. The molecule has 0 N–H and O–H groups in total. The van der Waals surface area contributed by atoms with Crippen molar-refractivity contribution in [3.05, 3.63) is 33.8 Å². The van der Waals surface area contributed by atoms with Crippen molar-refractivity contribution in [3.8, 4) is 0 Å². The summed E-state index contributed by atoms with van der Waals surface area (Å²) in [6.07, 6.45) is 1.68. The number of benzene rings is 1. The van der Waals surface area contributed by atoms with E-state index < -0.39 is 11.4 Å². The molecule has 0 radical (unpaired) electrons. The average molecular weight is 302 g/mol. The first-order chi connectivity index (χ1) is 7.30. The van der Waals surface area contributed by atoms with Gasteiger partial charge in [-0.25, -0.2) is 0 Å². The normalized spacial score (nSPS) is 14.4. The maximum atomic E-state index is 11.7. The Bertz CT molecular complexity index is 398. The van der Waals surface area contributed by atoms with Crippen molar-refractivity contribution >= 4 is 33.5 Å². The van der Waals surface area contributed by atoms with E-state index in [0.29, 0.717) is 0 Å². The largest absolute Gasteiger partial charge is 0.591 e. The summed E-state index contributed by atoms with van der Waals surface area (Å²) in [7, 11) is 0. The zero-order chi connectivity index (χ0) is 12.3. The molecule has 0 saturated heterocycles. The van der Waals surface area contributed by atoms with Crippen LogP contribution in [0.1, 0.15) is 31.9 Å². The van der Waals surface area contributed by atoms with Crippen molar-refractivity contribution in [2.75, 3.05) is 0 Å². The smallest absolute Gasteiger partial charge is 0.144 e. The van der Waals surface area contributed by atoms with Gasteiger partial charge in [-0.15, -0.1) is 0 Å². The van der Waals surface area contributed by atoms with E-state index >= 15 is 0 Å². The van der Waals surface area contributed by atoms with Crippen molar-refractivity contribution in [2.45, 2.75) is 32.4 Å². The van der Waals surface area contributed by atoms with Gasteiger partial charge in [0.25, 0.3) is 0 Å². The molecule has 0 bridgehead atoms. The molecule has 0 aliphatic heterocycles. The summed E-state index contributed by atoms with van der Waals surface area (Å²) in [5.41, 5.74) is 2.12. The Kier molecular flexibility index (Phi) is 4.59. The fraction of sp³-hybridized carbons (Fsp3) is 0.417. The van der Waals surface area contributed by atoms with E-state index in [1.807, 2.05) is 45.9 Å². The van der Waals surface area contributed by atoms with Crippen LogP contribution < -0.4 is 0 Å². The first-order valence-corrected chi connectivity index (χ1v) is 6.93. The van der Waals surface area contributed by atoms with E-state index in [1.165, 1.54) is 0 Å². The minimum atomic E-state index is -1.19. The van der Waals surface area contributed by atoms with Gasteiger partial charge in [0, 0.05) is 10.0 Å². The lowest BCUT2D eigenvalue weighted by Gasteiger charge is -2.17. The first-order valence-electron chi connectivity index (χ1n) is 5.03. The molecule has 88 valence electrons. The van der Waals surface area contributed by atoms with Gasteiger partial charge in [0.05, 0.1) is 6.21 Å². The number of hydrogen-bond donors (Lipinski definition) is 0. The van der Waals surface area contributed by atoms with Gasteiger partial charge in [0.15, 0.2) is 0 Å². The summed E-state index contributed by atoms with van der Waals surface area (Å²) in [5.74, 6) is 0. The molecule has 0 spiro atoms. The minimum absolute atomic E-state index is 0.306. The molecule has 1 rings (SSSR count). The summed E-state index contributed by atoms with van der Waals surface area (Å²) < 4.78 is 16.5. The lowest BCUT2D eigenvalue weighted by atomic mass is 10.1. The molecule has 0 amide bonds. The van der Waals surface area contributed by atoms with E-state index in [-0.39, 0.29) is 4.75 Å². The predicted octanol–water partition coefficient (Wildman–Crippen LogP) is 3.64. The third kappa shape index (κ3) is 3.92. The number of hydrogen-bond acceptors (Lipinski definition) is 2. The summed E-state index contributed by atoms with van der Waals surface area (Å²) in [6, 6.07) is 5.93. The van der Waals surface area contributed by atoms with Crippen LogP contribution in [0.5, 0.6) is 0 Å². The molecule has 2 nitrogen and oxygen atoms in total. The predicted molar refractivity (Wildman–Crippen MR) is 74.4 cm³/mol. The van der Waals surface area contributed by atoms with Crippen LogP contribution >= 0.6 is 15.9 Å². The van der Waals surface area contributed by atoms with Gasteiger partial charge in [-0.05, 0) is 45.4 Å². The first kappa shape index (κ1) is 13.7. The second-order valence-electron chi connectivity index (χ2n) is 4.60. The van der Waals surface area contributed by atoms with Crippen molar-refractivity contribution in [3.63, 3.8) is 0 Å². The van der Waals surface area contributed by atoms with Crippen LogP contribution in [0.25, 0.3) is 0 Å². The molecule has 0 aromatic heterocycles. The third-order valence-electron chi connectivity index (χ3n) is 2.04. The van der Waals surface area contributed by atoms with Crippen LogP contribution in [0.15, 0.2) is 27.1 Å². The Hall–Kier alpha value is -0.320. The zero-order valence-electron chi connectivity index (χ0n) is 9.95. The fourth-order valence-electron chi connectivity index (χ4n) is 1.05. The molecule has 1 aromatic rings. The van der Waals surface area contributed by atoms with Gasteiger partial charge >= 0.3 is 0 Å². The molecule has 1 unspecified atom stereocenters. The Morgan fingerprint density at radius 2 is 2.00 bits per heavy atom. The molecule has 16 heavy (non-hydrogen) atoms. The molecule has 0 aliphatic rings. The van der Waals surface area contributed by atoms with Gasteiger partial charge in [0.2, 0.25) is 0 Å². The lowest BCUT2D eigenvalue weighted by Crippen LogP contribution is -2.25. The van der Waals surface area contributed by atoms with Crippen LogP contribution in [0, 0.1) is 6.92 Å². The number of halogens is 1. The van der Waals surface area contributed by atoms with E-state index in [1.54, 1.807) is 6.21 Å². The quantitative estimate of drug-likeness (QED) is 0.607. The third-order valence-corrected chi connectivity index (χ3v) is 3.88. The van der Waals surface area contributed by atoms with Crippen LogP contribution in [0.3, 0.4) is 0 Å². The number of aryl methyl sites for hydroxylation is 1. The Balaban J connectivity index is 2.85. The standard InChI is InChI=1S/C12H16BrNOS/c1-9-7-11(13)6-5-10(9)8-14-16(15)12(2,3)4/h5-8H,1-4H3.